The summed E-state index contributed by atoms with van der Waals surface area (Å²) in [4.78, 5) is 12.6. The molecule has 0 aliphatic heterocycles. The minimum absolute atomic E-state index is 0.0887. The summed E-state index contributed by atoms with van der Waals surface area (Å²) in [6.07, 6.45) is 2.82. The van der Waals surface area contributed by atoms with Crippen LogP contribution in [0.1, 0.15) is 23.2 Å². The van der Waals surface area contributed by atoms with E-state index in [2.05, 4.69) is 10.6 Å². The maximum atomic E-state index is 12.6. The number of amides is 1. The van der Waals surface area contributed by atoms with Gasteiger partial charge < -0.3 is 26.2 Å². The molecule has 0 aromatic heterocycles. The molecule has 0 radical (unpaired) electrons. The molecule has 8 heteroatoms. The highest BCUT2D eigenvalue weighted by Gasteiger charge is 2.08. The van der Waals surface area contributed by atoms with Crippen molar-refractivity contribution in [1.29, 1.82) is 0 Å². The SMILES string of the molecule is COc1cccc(C(=O)Nc2cccc(Nc3ccc(N(N)/C=C(\N)CCCO)cc3)c2)c1. The second-order valence-electron chi connectivity index (χ2n) is 7.38. The van der Waals surface area contributed by atoms with E-state index in [4.69, 9.17) is 21.4 Å². The number of hydrogen-bond acceptors (Lipinski definition) is 7. The summed E-state index contributed by atoms with van der Waals surface area (Å²) in [5.41, 5.74) is 10.1. The minimum Gasteiger partial charge on any atom is -0.497 e. The Hall–Kier alpha value is -4.01. The van der Waals surface area contributed by atoms with E-state index in [1.54, 1.807) is 37.6 Å². The molecular formula is C25H29N5O3. The predicted molar refractivity (Wildman–Crippen MR) is 132 cm³/mol. The van der Waals surface area contributed by atoms with E-state index in [0.717, 1.165) is 17.1 Å². The Morgan fingerprint density at radius 1 is 1.03 bits per heavy atom. The van der Waals surface area contributed by atoms with Gasteiger partial charge in [0.2, 0.25) is 0 Å². The fourth-order valence-electron chi connectivity index (χ4n) is 3.13. The van der Waals surface area contributed by atoms with Crippen molar-refractivity contribution < 1.29 is 14.6 Å². The molecule has 3 aromatic carbocycles. The van der Waals surface area contributed by atoms with Crippen LogP contribution in [0.5, 0.6) is 5.75 Å². The average Bonchev–Trinajstić information content (AvgIpc) is 2.83. The third-order valence-corrected chi connectivity index (χ3v) is 4.83. The zero-order valence-corrected chi connectivity index (χ0v) is 18.5. The second-order valence-corrected chi connectivity index (χ2v) is 7.38. The lowest BCUT2D eigenvalue weighted by Gasteiger charge is -2.16. The van der Waals surface area contributed by atoms with Gasteiger partial charge in [-0.05, 0) is 73.5 Å². The number of benzene rings is 3. The molecule has 0 unspecified atom stereocenters. The van der Waals surface area contributed by atoms with Gasteiger partial charge in [-0.1, -0.05) is 12.1 Å². The second kappa shape index (κ2) is 11.6. The van der Waals surface area contributed by atoms with Gasteiger partial charge in [0.1, 0.15) is 5.75 Å². The van der Waals surface area contributed by atoms with Crippen LogP contribution >= 0.6 is 0 Å². The van der Waals surface area contributed by atoms with Crippen molar-refractivity contribution >= 4 is 28.7 Å². The number of nitrogens with zero attached hydrogens (tertiary/aromatic N) is 1. The van der Waals surface area contributed by atoms with Crippen LogP contribution < -0.4 is 32.0 Å². The number of rotatable bonds is 10. The van der Waals surface area contributed by atoms with Crippen molar-refractivity contribution in [2.45, 2.75) is 12.8 Å². The molecular weight excluding hydrogens is 418 g/mol. The molecule has 0 atom stereocenters. The van der Waals surface area contributed by atoms with Crippen LogP contribution in [0.15, 0.2) is 84.7 Å². The van der Waals surface area contributed by atoms with Gasteiger partial charge in [0.05, 0.1) is 12.8 Å². The first-order valence-electron chi connectivity index (χ1n) is 10.5. The molecule has 0 bridgehead atoms. The summed E-state index contributed by atoms with van der Waals surface area (Å²) in [7, 11) is 1.56. The summed E-state index contributed by atoms with van der Waals surface area (Å²) in [6.45, 7) is 0.0887. The number of hydrazine groups is 1. The summed E-state index contributed by atoms with van der Waals surface area (Å²) < 4.78 is 5.18. The molecule has 0 aliphatic rings. The molecule has 0 fully saturated rings. The fourth-order valence-corrected chi connectivity index (χ4v) is 3.13. The Morgan fingerprint density at radius 2 is 1.76 bits per heavy atom. The van der Waals surface area contributed by atoms with Crippen LogP contribution in [-0.2, 0) is 0 Å². The van der Waals surface area contributed by atoms with Gasteiger partial charge in [-0.2, -0.15) is 0 Å². The van der Waals surface area contributed by atoms with E-state index in [0.29, 0.717) is 35.5 Å². The molecule has 0 aliphatic carbocycles. The Kier molecular flexibility index (Phi) is 8.29. The zero-order chi connectivity index (χ0) is 23.6. The van der Waals surface area contributed by atoms with Crippen molar-refractivity contribution in [3.05, 3.63) is 90.3 Å². The summed E-state index contributed by atoms with van der Waals surface area (Å²) >= 11 is 0. The molecule has 0 spiro atoms. The zero-order valence-electron chi connectivity index (χ0n) is 18.5. The molecule has 0 heterocycles. The van der Waals surface area contributed by atoms with Crippen LogP contribution in [-0.4, -0.2) is 24.7 Å². The van der Waals surface area contributed by atoms with Crippen LogP contribution in [0.3, 0.4) is 0 Å². The topological polar surface area (TPSA) is 126 Å². The number of aliphatic hydroxyl groups excluding tert-OH is 1. The van der Waals surface area contributed by atoms with Crippen LogP contribution in [0.4, 0.5) is 22.7 Å². The summed E-state index contributed by atoms with van der Waals surface area (Å²) in [6, 6.07) is 22.0. The van der Waals surface area contributed by atoms with E-state index >= 15 is 0 Å². The highest BCUT2D eigenvalue weighted by atomic mass is 16.5. The molecule has 172 valence electrons. The van der Waals surface area contributed by atoms with E-state index in [9.17, 15) is 4.79 Å². The van der Waals surface area contributed by atoms with Crippen LogP contribution in [0.25, 0.3) is 0 Å². The fraction of sp³-hybridized carbons (Fsp3) is 0.160. The van der Waals surface area contributed by atoms with Gasteiger partial charge in [-0.25, -0.2) is 5.84 Å². The van der Waals surface area contributed by atoms with E-state index < -0.39 is 0 Å². The third kappa shape index (κ3) is 6.99. The largest absolute Gasteiger partial charge is 0.497 e. The third-order valence-electron chi connectivity index (χ3n) is 4.83. The Labute approximate surface area is 193 Å². The Bertz CT molecular complexity index is 1100. The highest BCUT2D eigenvalue weighted by molar-refractivity contribution is 6.04. The summed E-state index contributed by atoms with van der Waals surface area (Å²) in [5.74, 6) is 6.46. The predicted octanol–water partition coefficient (Wildman–Crippen LogP) is 3.94. The molecule has 8 nitrogen and oxygen atoms in total. The van der Waals surface area contributed by atoms with Gasteiger partial charge in [-0.15, -0.1) is 0 Å². The van der Waals surface area contributed by atoms with Gasteiger partial charge >= 0.3 is 0 Å². The van der Waals surface area contributed by atoms with Crippen LogP contribution in [0, 0.1) is 0 Å². The van der Waals surface area contributed by atoms with Crippen molar-refractivity contribution in [2.75, 3.05) is 29.4 Å². The number of ether oxygens (including phenoxy) is 1. The van der Waals surface area contributed by atoms with Crippen molar-refractivity contribution in [1.82, 2.24) is 0 Å². The summed E-state index contributed by atoms with van der Waals surface area (Å²) in [5, 5.41) is 16.6. The minimum atomic E-state index is -0.218. The highest BCUT2D eigenvalue weighted by Crippen LogP contribution is 2.23. The number of carbonyl (C=O) groups is 1. The lowest BCUT2D eigenvalue weighted by molar-refractivity contribution is 0.102. The number of allylic oxidation sites excluding steroid dienone is 1. The molecule has 1 amide bonds. The van der Waals surface area contributed by atoms with Gasteiger partial charge in [0.25, 0.3) is 5.91 Å². The van der Waals surface area contributed by atoms with Gasteiger partial charge in [0, 0.05) is 41.1 Å². The smallest absolute Gasteiger partial charge is 0.255 e. The van der Waals surface area contributed by atoms with Crippen molar-refractivity contribution in [3.63, 3.8) is 0 Å². The Morgan fingerprint density at radius 3 is 2.48 bits per heavy atom. The number of hydrogen-bond donors (Lipinski definition) is 5. The average molecular weight is 448 g/mol. The maximum absolute atomic E-state index is 12.6. The number of methoxy groups -OCH3 is 1. The first-order valence-corrected chi connectivity index (χ1v) is 10.5. The van der Waals surface area contributed by atoms with Crippen molar-refractivity contribution in [2.24, 2.45) is 11.6 Å². The van der Waals surface area contributed by atoms with Gasteiger partial charge in [-0.3, -0.25) is 9.80 Å². The van der Waals surface area contributed by atoms with Gasteiger partial charge in [0.15, 0.2) is 0 Å². The molecule has 3 rings (SSSR count). The number of carbonyl (C=O) groups excluding carboxylic acids is 1. The molecule has 7 N–H and O–H groups in total. The molecule has 3 aromatic rings. The van der Waals surface area contributed by atoms with E-state index in [1.807, 2.05) is 48.5 Å². The Balaban J connectivity index is 1.63. The van der Waals surface area contributed by atoms with Crippen LogP contribution in [0.2, 0.25) is 0 Å². The van der Waals surface area contributed by atoms with E-state index in [-0.39, 0.29) is 12.5 Å². The van der Waals surface area contributed by atoms with Crippen molar-refractivity contribution in [3.8, 4) is 5.75 Å². The lowest BCUT2D eigenvalue weighted by atomic mass is 10.2. The normalized spacial score (nSPS) is 11.1. The standard InChI is InChI=1S/C25H29N5O3/c1-33-24-9-2-5-18(15-24)25(32)29-22-8-3-7-21(16-22)28-20-10-12-23(13-11-20)30(27)17-19(26)6-4-14-31/h2-3,5,7-13,15-17,28,31H,4,6,14,26-27H2,1H3,(H,29,32)/b19-17-. The molecule has 0 saturated heterocycles. The molecule has 0 saturated carbocycles. The first kappa shape index (κ1) is 23.6. The maximum Gasteiger partial charge on any atom is 0.255 e. The van der Waals surface area contributed by atoms with E-state index in [1.165, 1.54) is 5.01 Å². The number of nitrogens with one attached hydrogen (secondary N) is 2. The number of aliphatic hydroxyl groups is 1. The monoisotopic (exact) mass is 447 g/mol. The first-order chi connectivity index (χ1) is 16.0. The number of nitrogens with two attached hydrogens (primary N) is 2. The quantitative estimate of drug-likeness (QED) is 0.235. The lowest BCUT2D eigenvalue weighted by Crippen LogP contribution is -2.25. The number of anilines is 4. The molecule has 33 heavy (non-hydrogen) atoms.